The Morgan fingerprint density at radius 2 is 2.29 bits per heavy atom. The molecule has 0 heterocycles. The van der Waals surface area contributed by atoms with Gasteiger partial charge in [-0.3, -0.25) is 0 Å². The molecule has 1 aliphatic carbocycles. The number of hydrogen-bond donors (Lipinski definition) is 1. The first kappa shape index (κ1) is 12.4. The van der Waals surface area contributed by atoms with E-state index >= 15 is 0 Å². The van der Waals surface area contributed by atoms with Gasteiger partial charge in [0.25, 0.3) is 0 Å². The Labute approximate surface area is 104 Å². The van der Waals surface area contributed by atoms with Crippen LogP contribution in [-0.4, -0.2) is 17.3 Å². The fourth-order valence-electron chi connectivity index (χ4n) is 2.44. The molecular formula is C15H22O2. The van der Waals surface area contributed by atoms with Gasteiger partial charge in [0.05, 0.1) is 12.2 Å². The summed E-state index contributed by atoms with van der Waals surface area (Å²) in [5.41, 5.74) is 0.774. The molecule has 17 heavy (non-hydrogen) atoms. The molecule has 1 fully saturated rings. The summed E-state index contributed by atoms with van der Waals surface area (Å²) in [6.45, 7) is 4.83. The molecule has 0 aromatic heterocycles. The lowest BCUT2D eigenvalue weighted by Gasteiger charge is -2.11. The molecule has 0 aliphatic heterocycles. The van der Waals surface area contributed by atoms with Crippen molar-refractivity contribution in [1.82, 2.24) is 0 Å². The minimum Gasteiger partial charge on any atom is -0.493 e. The first-order valence-electron chi connectivity index (χ1n) is 6.56. The van der Waals surface area contributed by atoms with E-state index < -0.39 is 5.60 Å². The van der Waals surface area contributed by atoms with E-state index in [0.717, 1.165) is 31.4 Å². The minimum absolute atomic E-state index is 0.431. The lowest BCUT2D eigenvalue weighted by molar-refractivity contribution is 0.0988. The molecule has 2 nitrogen and oxygen atoms in total. The number of benzene rings is 1. The van der Waals surface area contributed by atoms with Crippen LogP contribution in [0.2, 0.25) is 0 Å². The molecular weight excluding hydrogens is 212 g/mol. The zero-order chi connectivity index (χ0) is 12.3. The van der Waals surface area contributed by atoms with Crippen molar-refractivity contribution in [3.8, 4) is 5.75 Å². The van der Waals surface area contributed by atoms with E-state index in [1.807, 2.05) is 18.2 Å². The summed E-state index contributed by atoms with van der Waals surface area (Å²) in [6.07, 6.45) is 4.01. The smallest absolute Gasteiger partial charge is 0.119 e. The maximum absolute atomic E-state index is 10.2. The maximum Gasteiger partial charge on any atom is 0.119 e. The minimum atomic E-state index is -0.431. The van der Waals surface area contributed by atoms with Gasteiger partial charge in [-0.15, -0.1) is 0 Å². The van der Waals surface area contributed by atoms with E-state index in [1.54, 1.807) is 0 Å². The Morgan fingerprint density at radius 3 is 3.00 bits per heavy atom. The van der Waals surface area contributed by atoms with E-state index in [1.165, 1.54) is 5.56 Å². The molecule has 0 bridgehead atoms. The standard InChI is InChI=1S/C15H22O2/c1-3-5-13-11-15(13,16)8-9-17-14-7-4-6-12(2)10-14/h4,6-7,10,13,16H,3,5,8-9,11H2,1-2H3. The van der Waals surface area contributed by atoms with Crippen molar-refractivity contribution in [2.75, 3.05) is 6.61 Å². The van der Waals surface area contributed by atoms with Gasteiger partial charge in [0.2, 0.25) is 0 Å². The number of rotatable bonds is 6. The van der Waals surface area contributed by atoms with Gasteiger partial charge in [-0.25, -0.2) is 0 Å². The van der Waals surface area contributed by atoms with Crippen molar-refractivity contribution >= 4 is 0 Å². The summed E-state index contributed by atoms with van der Waals surface area (Å²) in [6, 6.07) is 8.04. The van der Waals surface area contributed by atoms with E-state index in [0.29, 0.717) is 12.5 Å². The predicted molar refractivity (Wildman–Crippen MR) is 69.3 cm³/mol. The summed E-state index contributed by atoms with van der Waals surface area (Å²) < 4.78 is 5.67. The van der Waals surface area contributed by atoms with E-state index in [-0.39, 0.29) is 0 Å². The first-order valence-corrected chi connectivity index (χ1v) is 6.56. The van der Waals surface area contributed by atoms with Crippen LogP contribution in [0.5, 0.6) is 5.75 Å². The Balaban J connectivity index is 1.74. The number of ether oxygens (including phenoxy) is 1. The molecule has 1 aromatic rings. The topological polar surface area (TPSA) is 29.5 Å². The zero-order valence-corrected chi connectivity index (χ0v) is 10.8. The predicted octanol–water partition coefficient (Wildman–Crippen LogP) is 3.32. The molecule has 1 aromatic carbocycles. The van der Waals surface area contributed by atoms with Crippen LogP contribution in [0, 0.1) is 12.8 Å². The maximum atomic E-state index is 10.2. The summed E-state index contributed by atoms with van der Waals surface area (Å²) in [4.78, 5) is 0. The van der Waals surface area contributed by atoms with Crippen LogP contribution < -0.4 is 4.74 Å². The lowest BCUT2D eigenvalue weighted by atomic mass is 10.1. The molecule has 0 radical (unpaired) electrons. The highest BCUT2D eigenvalue weighted by molar-refractivity contribution is 5.27. The Hall–Kier alpha value is -1.02. The highest BCUT2D eigenvalue weighted by atomic mass is 16.5. The van der Waals surface area contributed by atoms with E-state index in [9.17, 15) is 5.11 Å². The Morgan fingerprint density at radius 1 is 1.47 bits per heavy atom. The highest BCUT2D eigenvalue weighted by Gasteiger charge is 2.51. The van der Waals surface area contributed by atoms with Crippen LogP contribution in [0.15, 0.2) is 24.3 Å². The summed E-state index contributed by atoms with van der Waals surface area (Å²) in [7, 11) is 0. The van der Waals surface area contributed by atoms with Crippen molar-refractivity contribution in [2.24, 2.45) is 5.92 Å². The van der Waals surface area contributed by atoms with Crippen LogP contribution in [0.25, 0.3) is 0 Å². The molecule has 2 atom stereocenters. The van der Waals surface area contributed by atoms with Crippen molar-refractivity contribution in [3.63, 3.8) is 0 Å². The summed E-state index contributed by atoms with van der Waals surface area (Å²) in [5.74, 6) is 1.41. The molecule has 2 heteroatoms. The molecule has 2 unspecified atom stereocenters. The quantitative estimate of drug-likeness (QED) is 0.818. The van der Waals surface area contributed by atoms with Crippen LogP contribution in [0.4, 0.5) is 0 Å². The van der Waals surface area contributed by atoms with Gasteiger partial charge in [-0.1, -0.05) is 25.5 Å². The van der Waals surface area contributed by atoms with Gasteiger partial charge < -0.3 is 9.84 Å². The van der Waals surface area contributed by atoms with Gasteiger partial charge >= 0.3 is 0 Å². The second-order valence-electron chi connectivity index (χ2n) is 5.21. The van der Waals surface area contributed by atoms with Crippen molar-refractivity contribution < 1.29 is 9.84 Å². The number of aryl methyl sites for hydroxylation is 1. The molecule has 0 spiro atoms. The van der Waals surface area contributed by atoms with Gasteiger partial charge in [0, 0.05) is 6.42 Å². The molecule has 2 rings (SSSR count). The third-order valence-corrected chi connectivity index (χ3v) is 3.63. The largest absolute Gasteiger partial charge is 0.493 e. The Kier molecular flexibility index (Phi) is 3.72. The molecule has 1 aliphatic rings. The fourth-order valence-corrected chi connectivity index (χ4v) is 2.44. The van der Waals surface area contributed by atoms with Crippen LogP contribution in [-0.2, 0) is 0 Å². The van der Waals surface area contributed by atoms with Crippen LogP contribution >= 0.6 is 0 Å². The van der Waals surface area contributed by atoms with Gasteiger partial charge in [0.1, 0.15) is 5.75 Å². The average molecular weight is 234 g/mol. The SMILES string of the molecule is CCCC1CC1(O)CCOc1cccc(C)c1. The van der Waals surface area contributed by atoms with Crippen molar-refractivity contribution in [1.29, 1.82) is 0 Å². The van der Waals surface area contributed by atoms with Crippen molar-refractivity contribution in [3.05, 3.63) is 29.8 Å². The fraction of sp³-hybridized carbons (Fsp3) is 0.600. The molecule has 0 saturated heterocycles. The third-order valence-electron chi connectivity index (χ3n) is 3.63. The third kappa shape index (κ3) is 3.22. The van der Waals surface area contributed by atoms with Gasteiger partial charge in [0.15, 0.2) is 0 Å². The van der Waals surface area contributed by atoms with E-state index in [4.69, 9.17) is 4.74 Å². The second kappa shape index (κ2) is 5.09. The monoisotopic (exact) mass is 234 g/mol. The average Bonchev–Trinajstić information content (AvgIpc) is 2.90. The molecule has 0 amide bonds. The zero-order valence-electron chi connectivity index (χ0n) is 10.8. The lowest BCUT2D eigenvalue weighted by Crippen LogP contribution is -2.15. The molecule has 1 saturated carbocycles. The number of hydrogen-bond acceptors (Lipinski definition) is 2. The first-order chi connectivity index (χ1) is 8.14. The van der Waals surface area contributed by atoms with E-state index in [2.05, 4.69) is 19.9 Å². The Bertz CT molecular complexity index is 375. The van der Waals surface area contributed by atoms with Crippen molar-refractivity contribution in [2.45, 2.75) is 45.1 Å². The normalized spacial score (nSPS) is 26.9. The highest BCUT2D eigenvalue weighted by Crippen LogP contribution is 2.48. The van der Waals surface area contributed by atoms with Crippen LogP contribution in [0.3, 0.4) is 0 Å². The second-order valence-corrected chi connectivity index (χ2v) is 5.21. The van der Waals surface area contributed by atoms with Gasteiger partial charge in [-0.2, -0.15) is 0 Å². The molecule has 1 N–H and O–H groups in total. The summed E-state index contributed by atoms with van der Waals surface area (Å²) in [5, 5.41) is 10.2. The van der Waals surface area contributed by atoms with Crippen LogP contribution in [0.1, 0.15) is 38.2 Å². The van der Waals surface area contributed by atoms with Gasteiger partial charge in [-0.05, 0) is 43.4 Å². The summed E-state index contributed by atoms with van der Waals surface area (Å²) >= 11 is 0. The molecule has 94 valence electrons. The number of aliphatic hydroxyl groups is 1.